The average molecular weight is 326 g/mol. The Morgan fingerprint density at radius 1 is 1.45 bits per heavy atom. The van der Waals surface area contributed by atoms with E-state index in [0.717, 1.165) is 25.5 Å². The molecule has 0 aromatic carbocycles. The highest BCUT2D eigenvalue weighted by Gasteiger charge is 2.24. The minimum absolute atomic E-state index is 0. The van der Waals surface area contributed by atoms with E-state index in [1.807, 2.05) is 0 Å². The molecule has 1 aromatic rings. The molecular weight excluding hydrogens is 301 g/mol. The number of halogens is 2. The minimum Gasteiger partial charge on any atom is -0.338 e. The first-order valence-electron chi connectivity index (χ1n) is 6.67. The van der Waals surface area contributed by atoms with Crippen molar-refractivity contribution in [2.45, 2.75) is 38.9 Å². The number of aromatic nitrogens is 2. The van der Waals surface area contributed by atoms with Gasteiger partial charge in [-0.25, -0.2) is 0 Å². The number of rotatable bonds is 6. The molecule has 0 saturated carbocycles. The first-order valence-corrected chi connectivity index (χ1v) is 6.67. The van der Waals surface area contributed by atoms with Crippen molar-refractivity contribution in [1.82, 2.24) is 19.9 Å². The lowest BCUT2D eigenvalue weighted by molar-refractivity contribution is 0.191. The molecule has 1 saturated heterocycles. The fourth-order valence-electron chi connectivity index (χ4n) is 2.62. The maximum Gasteiger partial charge on any atom is 0.240 e. The lowest BCUT2D eigenvalue weighted by atomic mass is 10.2. The van der Waals surface area contributed by atoms with Gasteiger partial charge in [-0.3, -0.25) is 9.80 Å². The molecule has 2 rings (SSSR count). The highest BCUT2D eigenvalue weighted by atomic mass is 35.5. The third-order valence-corrected chi connectivity index (χ3v) is 3.52. The van der Waals surface area contributed by atoms with E-state index in [-0.39, 0.29) is 24.8 Å². The van der Waals surface area contributed by atoms with E-state index in [4.69, 9.17) is 10.3 Å². The number of nitrogens with zero attached hydrogens (tertiary/aromatic N) is 4. The van der Waals surface area contributed by atoms with Crippen LogP contribution in [0.3, 0.4) is 0 Å². The first kappa shape index (κ1) is 19.6. The van der Waals surface area contributed by atoms with Gasteiger partial charge in [0.1, 0.15) is 0 Å². The summed E-state index contributed by atoms with van der Waals surface area (Å²) < 4.78 is 5.00. The van der Waals surface area contributed by atoms with E-state index >= 15 is 0 Å². The van der Waals surface area contributed by atoms with E-state index in [1.54, 1.807) is 0 Å². The normalized spacial score (nSPS) is 18.9. The molecule has 0 aliphatic carbocycles. The van der Waals surface area contributed by atoms with Gasteiger partial charge in [-0.15, -0.1) is 24.8 Å². The Bertz CT molecular complexity index is 376. The largest absolute Gasteiger partial charge is 0.338 e. The topological polar surface area (TPSA) is 71.4 Å². The summed E-state index contributed by atoms with van der Waals surface area (Å²) in [4.78, 5) is 9.02. The molecule has 1 fully saturated rings. The minimum atomic E-state index is 0. The van der Waals surface area contributed by atoms with Crippen molar-refractivity contribution in [3.05, 3.63) is 11.7 Å². The molecule has 20 heavy (non-hydrogen) atoms. The van der Waals surface area contributed by atoms with Crippen molar-refractivity contribution in [2.24, 2.45) is 5.73 Å². The maximum absolute atomic E-state index is 5.45. The van der Waals surface area contributed by atoms with Gasteiger partial charge in [-0.1, -0.05) is 12.1 Å². The van der Waals surface area contributed by atoms with Gasteiger partial charge in [0.25, 0.3) is 0 Å². The number of hydrogen-bond acceptors (Lipinski definition) is 6. The van der Waals surface area contributed by atoms with Crippen molar-refractivity contribution < 1.29 is 4.52 Å². The molecule has 0 radical (unpaired) electrons. The van der Waals surface area contributed by atoms with Crippen LogP contribution in [0.15, 0.2) is 4.52 Å². The van der Waals surface area contributed by atoms with Crippen LogP contribution in [0.1, 0.15) is 31.5 Å². The Morgan fingerprint density at radius 2 is 2.20 bits per heavy atom. The van der Waals surface area contributed by atoms with Crippen LogP contribution in [0.5, 0.6) is 0 Å². The molecule has 2 N–H and O–H groups in total. The molecule has 1 aromatic heterocycles. The SMILES string of the molecule is CCN1CCCC1CN(C)Cc1noc(CN)n1.Cl.Cl. The number of likely N-dealkylation sites (N-methyl/N-ethyl adjacent to an activating group) is 2. The standard InChI is InChI=1S/C12H23N5O.2ClH/c1-3-17-6-4-5-10(17)8-16(2)9-11-14-12(7-13)18-15-11;;/h10H,3-9,13H2,1-2H3;2*1H. The maximum atomic E-state index is 5.45. The summed E-state index contributed by atoms with van der Waals surface area (Å²) in [6, 6.07) is 0.667. The third-order valence-electron chi connectivity index (χ3n) is 3.52. The highest BCUT2D eigenvalue weighted by Crippen LogP contribution is 2.17. The number of nitrogens with two attached hydrogens (primary N) is 1. The van der Waals surface area contributed by atoms with Crippen molar-refractivity contribution in [1.29, 1.82) is 0 Å². The molecule has 1 unspecified atom stereocenters. The van der Waals surface area contributed by atoms with Crippen LogP contribution in [-0.4, -0.2) is 52.7 Å². The van der Waals surface area contributed by atoms with Crippen LogP contribution in [0.25, 0.3) is 0 Å². The Balaban J connectivity index is 0.00000180. The van der Waals surface area contributed by atoms with E-state index in [1.165, 1.54) is 19.4 Å². The zero-order valence-corrected chi connectivity index (χ0v) is 13.8. The monoisotopic (exact) mass is 325 g/mol. The van der Waals surface area contributed by atoms with Gasteiger partial charge < -0.3 is 10.3 Å². The van der Waals surface area contributed by atoms with Gasteiger partial charge in [0.15, 0.2) is 5.82 Å². The van der Waals surface area contributed by atoms with Crippen molar-refractivity contribution >= 4 is 24.8 Å². The van der Waals surface area contributed by atoms with Crippen molar-refractivity contribution in [2.75, 3.05) is 26.7 Å². The van der Waals surface area contributed by atoms with E-state index in [9.17, 15) is 0 Å². The molecule has 8 heteroatoms. The summed E-state index contributed by atoms with van der Waals surface area (Å²) in [5, 5.41) is 3.92. The quantitative estimate of drug-likeness (QED) is 0.849. The second kappa shape index (κ2) is 9.52. The fourth-order valence-corrected chi connectivity index (χ4v) is 2.62. The van der Waals surface area contributed by atoms with E-state index in [2.05, 4.69) is 33.9 Å². The van der Waals surface area contributed by atoms with E-state index in [0.29, 0.717) is 18.5 Å². The number of hydrogen-bond donors (Lipinski definition) is 1. The molecule has 0 amide bonds. The van der Waals surface area contributed by atoms with Gasteiger partial charge in [-0.2, -0.15) is 4.98 Å². The zero-order chi connectivity index (χ0) is 13.0. The molecule has 1 atom stereocenters. The Morgan fingerprint density at radius 3 is 2.80 bits per heavy atom. The van der Waals surface area contributed by atoms with Crippen LogP contribution in [0, 0.1) is 0 Å². The summed E-state index contributed by atoms with van der Waals surface area (Å²) in [5.74, 6) is 1.23. The predicted molar refractivity (Wildman–Crippen MR) is 83.3 cm³/mol. The summed E-state index contributed by atoms with van der Waals surface area (Å²) in [6.07, 6.45) is 2.60. The summed E-state index contributed by atoms with van der Waals surface area (Å²) in [7, 11) is 2.10. The predicted octanol–water partition coefficient (Wildman–Crippen LogP) is 1.29. The lowest BCUT2D eigenvalue weighted by Crippen LogP contribution is -2.38. The first-order chi connectivity index (χ1) is 8.72. The fraction of sp³-hybridized carbons (Fsp3) is 0.833. The van der Waals surface area contributed by atoms with Crippen LogP contribution >= 0.6 is 24.8 Å². The van der Waals surface area contributed by atoms with Crippen LogP contribution in [0.2, 0.25) is 0 Å². The lowest BCUT2D eigenvalue weighted by Gasteiger charge is -2.26. The van der Waals surface area contributed by atoms with Gasteiger partial charge in [0, 0.05) is 12.6 Å². The van der Waals surface area contributed by atoms with Gasteiger partial charge in [0.05, 0.1) is 13.1 Å². The van der Waals surface area contributed by atoms with E-state index < -0.39 is 0 Å². The molecular formula is C12H25Cl2N5O. The molecule has 6 nitrogen and oxygen atoms in total. The second-order valence-corrected chi connectivity index (χ2v) is 4.93. The summed E-state index contributed by atoms with van der Waals surface area (Å²) in [6.45, 7) is 6.68. The summed E-state index contributed by atoms with van der Waals surface area (Å²) in [5.41, 5.74) is 5.45. The zero-order valence-electron chi connectivity index (χ0n) is 12.1. The van der Waals surface area contributed by atoms with Gasteiger partial charge >= 0.3 is 0 Å². The molecule has 1 aliphatic rings. The van der Waals surface area contributed by atoms with Gasteiger partial charge in [-0.05, 0) is 33.0 Å². The van der Waals surface area contributed by atoms with Crippen LogP contribution in [0.4, 0.5) is 0 Å². The molecule has 0 bridgehead atoms. The third kappa shape index (κ3) is 5.18. The second-order valence-electron chi connectivity index (χ2n) is 4.93. The Kier molecular flexibility index (Phi) is 9.33. The smallest absolute Gasteiger partial charge is 0.240 e. The van der Waals surface area contributed by atoms with Crippen molar-refractivity contribution in [3.63, 3.8) is 0 Å². The van der Waals surface area contributed by atoms with Gasteiger partial charge in [0.2, 0.25) is 5.89 Å². The molecule has 2 heterocycles. The highest BCUT2D eigenvalue weighted by molar-refractivity contribution is 5.85. The van der Waals surface area contributed by atoms with Crippen molar-refractivity contribution in [3.8, 4) is 0 Å². The summed E-state index contributed by atoms with van der Waals surface area (Å²) >= 11 is 0. The number of likely N-dealkylation sites (tertiary alicyclic amines) is 1. The Labute approximate surface area is 132 Å². The molecule has 118 valence electrons. The Hall–Kier alpha value is -0.400. The molecule has 1 aliphatic heterocycles. The van der Waals surface area contributed by atoms with Crippen LogP contribution < -0.4 is 5.73 Å². The average Bonchev–Trinajstić information content (AvgIpc) is 2.97. The van der Waals surface area contributed by atoms with Crippen LogP contribution in [-0.2, 0) is 13.1 Å². The molecule has 0 spiro atoms.